The predicted molar refractivity (Wildman–Crippen MR) is 97.4 cm³/mol. The second-order valence-corrected chi connectivity index (χ2v) is 7.28. The molecule has 4 aromatic rings. The molecule has 0 bridgehead atoms. The largest absolute Gasteiger partial charge is 0.469 e. The molecular weight excluding hydrogens is 369 g/mol. The van der Waals surface area contributed by atoms with Gasteiger partial charge in [0.1, 0.15) is 11.6 Å². The Bertz CT molecular complexity index is 1070. The third-order valence-corrected chi connectivity index (χ3v) is 5.22. The number of thioether (sulfide) groups is 1. The minimum atomic E-state index is -0.312. The lowest BCUT2D eigenvalue weighted by molar-refractivity contribution is 0.508. The predicted octanol–water partition coefficient (Wildman–Crippen LogP) is 4.43. The Labute approximate surface area is 158 Å². The van der Waals surface area contributed by atoms with E-state index in [1.54, 1.807) is 18.4 Å². The Morgan fingerprint density at radius 1 is 1.07 bits per heavy atom. The Hall–Kier alpha value is -2.94. The van der Waals surface area contributed by atoms with Crippen molar-refractivity contribution in [3.05, 3.63) is 54.1 Å². The van der Waals surface area contributed by atoms with E-state index in [1.807, 2.05) is 31.5 Å². The van der Waals surface area contributed by atoms with Crippen LogP contribution in [0.3, 0.4) is 0 Å². The summed E-state index contributed by atoms with van der Waals surface area (Å²) in [5.41, 5.74) is 1.57. The summed E-state index contributed by atoms with van der Waals surface area (Å²) in [6.45, 7) is 3.83. The van der Waals surface area contributed by atoms with Crippen molar-refractivity contribution in [3.8, 4) is 22.8 Å². The fourth-order valence-corrected chi connectivity index (χ4v) is 3.43. The normalized spacial score (nSPS) is 12.4. The van der Waals surface area contributed by atoms with Crippen molar-refractivity contribution in [2.75, 3.05) is 0 Å². The summed E-state index contributed by atoms with van der Waals surface area (Å²) in [6.07, 6.45) is 1.63. The van der Waals surface area contributed by atoms with Crippen LogP contribution in [-0.4, -0.2) is 25.0 Å². The minimum absolute atomic E-state index is 0.132. The zero-order valence-corrected chi connectivity index (χ0v) is 15.7. The van der Waals surface area contributed by atoms with Crippen molar-refractivity contribution < 1.29 is 13.2 Å². The van der Waals surface area contributed by atoms with Gasteiger partial charge in [0, 0.05) is 12.6 Å². The first-order valence-electron chi connectivity index (χ1n) is 8.23. The van der Waals surface area contributed by atoms with Gasteiger partial charge in [-0.15, -0.1) is 20.4 Å². The van der Waals surface area contributed by atoms with Gasteiger partial charge in [0.25, 0.3) is 0 Å². The van der Waals surface area contributed by atoms with Crippen LogP contribution in [0.5, 0.6) is 0 Å². The Balaban J connectivity index is 1.53. The second-order valence-electron chi connectivity index (χ2n) is 5.97. The summed E-state index contributed by atoms with van der Waals surface area (Å²) in [5, 5.41) is 17.3. The third-order valence-electron chi connectivity index (χ3n) is 4.10. The van der Waals surface area contributed by atoms with Crippen molar-refractivity contribution >= 4 is 11.8 Å². The molecule has 0 amide bonds. The van der Waals surface area contributed by atoms with E-state index in [4.69, 9.17) is 8.83 Å². The maximum atomic E-state index is 13.1. The summed E-state index contributed by atoms with van der Waals surface area (Å²) in [5.74, 6) is 2.02. The lowest BCUT2D eigenvalue weighted by Crippen LogP contribution is -1.97. The number of benzene rings is 1. The van der Waals surface area contributed by atoms with E-state index in [9.17, 15) is 4.39 Å². The van der Waals surface area contributed by atoms with Crippen LogP contribution in [0.4, 0.5) is 4.39 Å². The molecule has 0 radical (unpaired) electrons. The highest BCUT2D eigenvalue weighted by Crippen LogP contribution is 2.35. The number of hydrogen-bond acceptors (Lipinski definition) is 7. The molecule has 0 N–H and O–H groups in total. The number of nitrogens with zero attached hydrogens (tertiary/aromatic N) is 5. The second kappa shape index (κ2) is 6.99. The van der Waals surface area contributed by atoms with Crippen LogP contribution in [0.1, 0.15) is 23.8 Å². The zero-order valence-electron chi connectivity index (χ0n) is 14.9. The highest BCUT2D eigenvalue weighted by molar-refractivity contribution is 7.99. The standard InChI is InChI=1S/C18H16FN5O2S/c1-10-14(8-9-25-10)15-20-23-18(24(15)3)27-11(2)16-21-22-17(26-16)12-4-6-13(19)7-5-12/h4-9,11H,1-3H3/t11-/m1/s1. The first kappa shape index (κ1) is 17.5. The van der Waals surface area contributed by atoms with Crippen molar-refractivity contribution in [2.45, 2.75) is 24.3 Å². The van der Waals surface area contributed by atoms with Crippen LogP contribution in [0, 0.1) is 12.7 Å². The van der Waals surface area contributed by atoms with Gasteiger partial charge in [-0.25, -0.2) is 4.39 Å². The molecule has 7 nitrogen and oxygen atoms in total. The lowest BCUT2D eigenvalue weighted by Gasteiger charge is -2.06. The summed E-state index contributed by atoms with van der Waals surface area (Å²) >= 11 is 1.46. The number of hydrogen-bond donors (Lipinski definition) is 0. The summed E-state index contributed by atoms with van der Waals surface area (Å²) in [7, 11) is 1.90. The Kier molecular flexibility index (Phi) is 4.53. The van der Waals surface area contributed by atoms with Crippen LogP contribution in [0.2, 0.25) is 0 Å². The number of furan rings is 1. The van der Waals surface area contributed by atoms with E-state index in [1.165, 1.54) is 23.9 Å². The van der Waals surface area contributed by atoms with Crippen molar-refractivity contribution in [3.63, 3.8) is 0 Å². The lowest BCUT2D eigenvalue weighted by atomic mass is 10.2. The average Bonchev–Trinajstić information content (AvgIpc) is 3.37. The molecule has 4 rings (SSSR count). The molecule has 0 saturated carbocycles. The van der Waals surface area contributed by atoms with Crippen molar-refractivity contribution in [1.82, 2.24) is 25.0 Å². The van der Waals surface area contributed by atoms with Gasteiger partial charge in [0.05, 0.1) is 17.1 Å². The topological polar surface area (TPSA) is 82.8 Å². The maximum Gasteiger partial charge on any atom is 0.247 e. The van der Waals surface area contributed by atoms with E-state index in [0.717, 1.165) is 22.3 Å². The van der Waals surface area contributed by atoms with Gasteiger partial charge in [-0.1, -0.05) is 11.8 Å². The molecule has 0 aliphatic rings. The molecule has 9 heteroatoms. The molecule has 27 heavy (non-hydrogen) atoms. The molecule has 138 valence electrons. The third kappa shape index (κ3) is 3.37. The van der Waals surface area contributed by atoms with E-state index in [0.29, 0.717) is 17.3 Å². The fourth-order valence-electron chi connectivity index (χ4n) is 2.59. The number of rotatable bonds is 5. The van der Waals surface area contributed by atoms with Crippen LogP contribution in [0.15, 0.2) is 50.6 Å². The first-order valence-corrected chi connectivity index (χ1v) is 9.10. The monoisotopic (exact) mass is 385 g/mol. The fraction of sp³-hybridized carbons (Fsp3) is 0.222. The summed E-state index contributed by atoms with van der Waals surface area (Å²) in [4.78, 5) is 0. The molecule has 0 unspecified atom stereocenters. The van der Waals surface area contributed by atoms with Gasteiger partial charge >= 0.3 is 0 Å². The SMILES string of the molecule is Cc1occc1-c1nnc(S[C@H](C)c2nnc(-c3ccc(F)cc3)o2)n1C. The van der Waals surface area contributed by atoms with Gasteiger partial charge in [-0.2, -0.15) is 0 Å². The van der Waals surface area contributed by atoms with Crippen LogP contribution in [-0.2, 0) is 7.05 Å². The molecule has 0 spiro atoms. The van der Waals surface area contributed by atoms with Crippen LogP contribution in [0.25, 0.3) is 22.8 Å². The molecule has 0 aliphatic heterocycles. The van der Waals surface area contributed by atoms with Crippen LogP contribution >= 0.6 is 11.8 Å². The van der Waals surface area contributed by atoms with E-state index in [-0.39, 0.29) is 11.1 Å². The molecule has 0 fully saturated rings. The molecule has 1 aromatic carbocycles. The van der Waals surface area contributed by atoms with Gasteiger partial charge in [0.15, 0.2) is 11.0 Å². The van der Waals surface area contributed by atoms with Gasteiger partial charge < -0.3 is 13.4 Å². The minimum Gasteiger partial charge on any atom is -0.469 e. The smallest absolute Gasteiger partial charge is 0.247 e. The number of aryl methyl sites for hydroxylation is 1. The zero-order chi connectivity index (χ0) is 19.0. The van der Waals surface area contributed by atoms with Gasteiger partial charge in [-0.05, 0) is 44.2 Å². The van der Waals surface area contributed by atoms with E-state index in [2.05, 4.69) is 20.4 Å². The van der Waals surface area contributed by atoms with E-state index >= 15 is 0 Å². The molecule has 3 aromatic heterocycles. The Morgan fingerprint density at radius 2 is 1.85 bits per heavy atom. The van der Waals surface area contributed by atoms with Crippen LogP contribution < -0.4 is 0 Å². The van der Waals surface area contributed by atoms with Gasteiger partial charge in [-0.3, -0.25) is 0 Å². The average molecular weight is 385 g/mol. The van der Waals surface area contributed by atoms with Gasteiger partial charge in [0.2, 0.25) is 11.8 Å². The van der Waals surface area contributed by atoms with Crippen molar-refractivity contribution in [2.24, 2.45) is 7.05 Å². The van der Waals surface area contributed by atoms with Crippen molar-refractivity contribution in [1.29, 1.82) is 0 Å². The molecular formula is C18H16FN5O2S. The quantitative estimate of drug-likeness (QED) is 0.470. The molecule has 0 aliphatic carbocycles. The summed E-state index contributed by atoms with van der Waals surface area (Å²) in [6, 6.07) is 7.79. The highest BCUT2D eigenvalue weighted by atomic mass is 32.2. The number of aromatic nitrogens is 5. The number of halogens is 1. The van der Waals surface area contributed by atoms with E-state index < -0.39 is 0 Å². The first-order chi connectivity index (χ1) is 13.0. The Morgan fingerprint density at radius 3 is 2.56 bits per heavy atom. The maximum absolute atomic E-state index is 13.1. The summed E-state index contributed by atoms with van der Waals surface area (Å²) < 4.78 is 26.0. The molecule has 3 heterocycles. The molecule has 0 saturated heterocycles. The highest BCUT2D eigenvalue weighted by Gasteiger charge is 2.21. The molecule has 1 atom stereocenters.